The van der Waals surface area contributed by atoms with Crippen LogP contribution in [0, 0.1) is 14.9 Å². The van der Waals surface area contributed by atoms with Crippen LogP contribution in [0.3, 0.4) is 0 Å². The van der Waals surface area contributed by atoms with Crippen molar-refractivity contribution in [3.8, 4) is 23.3 Å². The van der Waals surface area contributed by atoms with Crippen LogP contribution in [0.2, 0.25) is 5.02 Å². The first-order valence-electron chi connectivity index (χ1n) is 10.1. The van der Waals surface area contributed by atoms with E-state index < -0.39 is 5.91 Å². The van der Waals surface area contributed by atoms with Gasteiger partial charge < -0.3 is 25.2 Å². The van der Waals surface area contributed by atoms with Crippen molar-refractivity contribution in [3.05, 3.63) is 80.4 Å². The molecule has 8 nitrogen and oxygen atoms in total. The molecule has 35 heavy (non-hydrogen) atoms. The average molecular weight is 604 g/mol. The highest BCUT2D eigenvalue weighted by Crippen LogP contribution is 2.34. The lowest BCUT2D eigenvalue weighted by molar-refractivity contribution is -0.118. The number of nitrogens with one attached hydrogen (secondary N) is 2. The molecule has 2 amide bonds. The van der Waals surface area contributed by atoms with Crippen LogP contribution in [0.5, 0.6) is 17.2 Å². The van der Waals surface area contributed by atoms with Gasteiger partial charge >= 0.3 is 0 Å². The molecule has 3 aromatic carbocycles. The minimum absolute atomic E-state index is 0.0606. The van der Waals surface area contributed by atoms with Crippen LogP contribution in [-0.4, -0.2) is 30.6 Å². The number of carbonyl (C=O) groups excluding carboxylic acids is 2. The number of anilines is 2. The van der Waals surface area contributed by atoms with Crippen LogP contribution in [0.25, 0.3) is 6.08 Å². The number of amides is 2. The second-order valence-corrected chi connectivity index (χ2v) is 8.65. The highest BCUT2D eigenvalue weighted by Gasteiger charge is 2.15. The number of carbonyl (C=O) groups is 2. The van der Waals surface area contributed by atoms with Gasteiger partial charge in [0.2, 0.25) is 0 Å². The van der Waals surface area contributed by atoms with Crippen LogP contribution >= 0.6 is 34.2 Å². The Morgan fingerprint density at radius 1 is 1.09 bits per heavy atom. The van der Waals surface area contributed by atoms with Crippen LogP contribution in [0.1, 0.15) is 5.56 Å². The quantitative estimate of drug-likeness (QED) is 0.141. The van der Waals surface area contributed by atoms with E-state index in [0.29, 0.717) is 37.0 Å². The monoisotopic (exact) mass is 603 g/mol. The Bertz CT molecular complexity index is 1300. The number of methoxy groups -OCH3 is 1. The Hall–Kier alpha value is -3.75. The summed E-state index contributed by atoms with van der Waals surface area (Å²) in [6, 6.07) is 17.7. The fraction of sp³-hybridized carbons (Fsp3) is 0.0800. The van der Waals surface area contributed by atoms with E-state index in [1.165, 1.54) is 37.5 Å². The number of aromatic hydroxyl groups is 1. The van der Waals surface area contributed by atoms with Crippen molar-refractivity contribution in [3.63, 3.8) is 0 Å². The lowest BCUT2D eigenvalue weighted by atomic mass is 10.1. The zero-order chi connectivity index (χ0) is 25.4. The number of phenolic OH excluding ortho intramolecular Hbond substituents is 1. The molecule has 3 rings (SSSR count). The Morgan fingerprint density at radius 2 is 1.71 bits per heavy atom. The van der Waals surface area contributed by atoms with Crippen molar-refractivity contribution in [2.24, 2.45) is 0 Å². The van der Waals surface area contributed by atoms with Gasteiger partial charge in [0.15, 0.2) is 18.1 Å². The van der Waals surface area contributed by atoms with E-state index in [1.807, 2.05) is 28.7 Å². The third kappa shape index (κ3) is 7.37. The Morgan fingerprint density at radius 3 is 2.34 bits per heavy atom. The Labute approximate surface area is 220 Å². The van der Waals surface area contributed by atoms with Gasteiger partial charge in [-0.15, -0.1) is 0 Å². The third-order valence-corrected chi connectivity index (χ3v) is 5.58. The second kappa shape index (κ2) is 12.1. The molecule has 0 fully saturated rings. The maximum atomic E-state index is 12.5. The highest BCUT2D eigenvalue weighted by atomic mass is 127. The van der Waals surface area contributed by atoms with Crippen molar-refractivity contribution in [2.75, 3.05) is 24.4 Å². The highest BCUT2D eigenvalue weighted by molar-refractivity contribution is 14.1. The summed E-state index contributed by atoms with van der Waals surface area (Å²) >= 11 is 7.87. The number of hydrogen-bond donors (Lipinski definition) is 3. The first kappa shape index (κ1) is 25.9. The largest absolute Gasteiger partial charge is 0.508 e. The second-order valence-electron chi connectivity index (χ2n) is 7.05. The van der Waals surface area contributed by atoms with E-state index in [2.05, 4.69) is 10.6 Å². The van der Waals surface area contributed by atoms with E-state index in [-0.39, 0.29) is 23.8 Å². The predicted octanol–water partition coefficient (Wildman–Crippen LogP) is 5.22. The van der Waals surface area contributed by atoms with Crippen molar-refractivity contribution < 1.29 is 24.2 Å². The summed E-state index contributed by atoms with van der Waals surface area (Å²) in [6.07, 6.45) is 1.41. The molecular weight excluding hydrogens is 585 g/mol. The summed E-state index contributed by atoms with van der Waals surface area (Å²) in [5.41, 5.74) is 1.41. The minimum atomic E-state index is -0.605. The molecule has 0 aliphatic rings. The predicted molar refractivity (Wildman–Crippen MR) is 142 cm³/mol. The summed E-state index contributed by atoms with van der Waals surface area (Å²) in [5, 5.41) is 24.7. The van der Waals surface area contributed by atoms with E-state index in [0.717, 1.165) is 0 Å². The summed E-state index contributed by atoms with van der Waals surface area (Å²) in [5.74, 6) is -0.231. The van der Waals surface area contributed by atoms with E-state index in [9.17, 15) is 20.0 Å². The molecule has 0 saturated heterocycles. The summed E-state index contributed by atoms with van der Waals surface area (Å²) < 4.78 is 11.7. The lowest BCUT2D eigenvalue weighted by Crippen LogP contribution is -2.20. The first-order chi connectivity index (χ1) is 16.8. The van der Waals surface area contributed by atoms with Gasteiger partial charge in [-0.1, -0.05) is 11.6 Å². The maximum Gasteiger partial charge on any atom is 0.266 e. The Balaban J connectivity index is 1.72. The normalized spacial score (nSPS) is 10.7. The molecule has 0 atom stereocenters. The van der Waals surface area contributed by atoms with Gasteiger partial charge in [-0.3, -0.25) is 9.59 Å². The smallest absolute Gasteiger partial charge is 0.266 e. The van der Waals surface area contributed by atoms with Crippen molar-refractivity contribution in [2.45, 2.75) is 0 Å². The summed E-state index contributed by atoms with van der Waals surface area (Å²) in [4.78, 5) is 24.8. The number of nitrogens with zero attached hydrogens (tertiary/aromatic N) is 1. The number of halogens is 2. The zero-order valence-electron chi connectivity index (χ0n) is 18.3. The number of phenols is 1. The molecule has 0 saturated carbocycles. The van der Waals surface area contributed by atoms with Crippen LogP contribution < -0.4 is 20.1 Å². The molecular formula is C25H19ClIN3O5. The molecule has 3 N–H and O–H groups in total. The summed E-state index contributed by atoms with van der Waals surface area (Å²) in [6.45, 7) is -0.261. The van der Waals surface area contributed by atoms with Gasteiger partial charge in [-0.05, 0) is 94.9 Å². The van der Waals surface area contributed by atoms with E-state index >= 15 is 0 Å². The van der Waals surface area contributed by atoms with Crippen molar-refractivity contribution in [1.29, 1.82) is 5.26 Å². The molecule has 0 aromatic heterocycles. The van der Waals surface area contributed by atoms with Crippen molar-refractivity contribution in [1.82, 2.24) is 0 Å². The molecule has 3 aromatic rings. The van der Waals surface area contributed by atoms with Crippen LogP contribution in [0.4, 0.5) is 11.4 Å². The maximum absolute atomic E-state index is 12.5. The number of nitriles is 1. The topological polar surface area (TPSA) is 121 Å². The number of benzene rings is 3. The molecule has 0 bridgehead atoms. The standard InChI is InChI=1S/C25H19ClIN3O5/c1-34-22-12-15(10-16(13-28)25(33)30-19-6-8-20(31)9-7-19)11-21(27)24(22)35-14-23(32)29-18-4-2-17(26)3-5-18/h2-12,31H,14H2,1H3,(H,29,32)(H,30,33)/b16-10+. The molecule has 0 aliphatic heterocycles. The fourth-order valence-corrected chi connectivity index (χ4v) is 3.80. The molecule has 0 unspecified atom stereocenters. The SMILES string of the molecule is COc1cc(/C=C(\C#N)C(=O)Nc2ccc(O)cc2)cc(I)c1OCC(=O)Nc1ccc(Cl)cc1. The number of ether oxygens (including phenoxy) is 2. The average Bonchev–Trinajstić information content (AvgIpc) is 2.84. The van der Waals surface area contributed by atoms with Crippen molar-refractivity contribution >= 4 is 63.5 Å². The summed E-state index contributed by atoms with van der Waals surface area (Å²) in [7, 11) is 1.45. The molecule has 0 heterocycles. The van der Waals surface area contributed by atoms with E-state index in [1.54, 1.807) is 36.4 Å². The fourth-order valence-electron chi connectivity index (χ4n) is 2.89. The number of hydrogen-bond acceptors (Lipinski definition) is 6. The molecule has 178 valence electrons. The molecule has 0 radical (unpaired) electrons. The lowest BCUT2D eigenvalue weighted by Gasteiger charge is -2.14. The first-order valence-corrected chi connectivity index (χ1v) is 11.5. The minimum Gasteiger partial charge on any atom is -0.508 e. The zero-order valence-corrected chi connectivity index (χ0v) is 21.3. The van der Waals surface area contributed by atoms with Crippen LogP contribution in [-0.2, 0) is 9.59 Å². The van der Waals surface area contributed by atoms with E-state index in [4.69, 9.17) is 21.1 Å². The van der Waals surface area contributed by atoms with Gasteiger partial charge in [0, 0.05) is 16.4 Å². The number of rotatable bonds is 8. The molecule has 0 aliphatic carbocycles. The van der Waals surface area contributed by atoms with Gasteiger partial charge in [-0.25, -0.2) is 0 Å². The Kier molecular flexibility index (Phi) is 8.94. The van der Waals surface area contributed by atoms with Gasteiger partial charge in [-0.2, -0.15) is 5.26 Å². The van der Waals surface area contributed by atoms with Gasteiger partial charge in [0.1, 0.15) is 17.4 Å². The van der Waals surface area contributed by atoms with Crippen LogP contribution in [0.15, 0.2) is 66.2 Å². The third-order valence-electron chi connectivity index (χ3n) is 4.53. The van der Waals surface area contributed by atoms with Gasteiger partial charge in [0.25, 0.3) is 11.8 Å². The van der Waals surface area contributed by atoms with Gasteiger partial charge in [0.05, 0.1) is 10.7 Å². The molecule has 10 heteroatoms. The molecule has 0 spiro atoms.